The summed E-state index contributed by atoms with van der Waals surface area (Å²) in [6.07, 6.45) is 2.72. The van der Waals surface area contributed by atoms with Crippen molar-refractivity contribution >= 4 is 17.5 Å². The second-order valence-corrected chi connectivity index (χ2v) is 4.03. The summed E-state index contributed by atoms with van der Waals surface area (Å²) < 4.78 is 13.4. The van der Waals surface area contributed by atoms with E-state index >= 15 is 0 Å². The largest absolute Gasteiger partial charge is 0.289 e. The van der Waals surface area contributed by atoms with Crippen LogP contribution in [0.4, 0.5) is 10.1 Å². The lowest BCUT2D eigenvalue weighted by Crippen LogP contribution is -1.97. The predicted octanol–water partition coefficient (Wildman–Crippen LogP) is 3.63. The topological polar surface area (TPSA) is 60.2 Å². The number of non-ortho nitro benzene ring substituents is 1. The van der Waals surface area contributed by atoms with Crippen molar-refractivity contribution in [2.75, 3.05) is 0 Å². The molecule has 0 heterocycles. The molecule has 0 aliphatic heterocycles. The molecule has 20 heavy (non-hydrogen) atoms. The molecule has 0 N–H and O–H groups in total. The number of hydrogen-bond acceptors (Lipinski definition) is 3. The third-order valence-electron chi connectivity index (χ3n) is 2.67. The fourth-order valence-electron chi connectivity index (χ4n) is 1.63. The third kappa shape index (κ3) is 3.14. The minimum Gasteiger partial charge on any atom is -0.289 e. The van der Waals surface area contributed by atoms with Gasteiger partial charge in [0, 0.05) is 12.1 Å². The number of carbonyl (C=O) groups excluding carboxylic acids is 1. The Morgan fingerprint density at radius 2 is 1.75 bits per heavy atom. The number of nitro groups is 1. The number of hydrogen-bond donors (Lipinski definition) is 0. The van der Waals surface area contributed by atoms with Crippen LogP contribution in [0.25, 0.3) is 6.08 Å². The molecular weight excluding hydrogens is 261 g/mol. The third-order valence-corrected chi connectivity index (χ3v) is 2.67. The Bertz CT molecular complexity index is 678. The fourth-order valence-corrected chi connectivity index (χ4v) is 1.63. The molecule has 0 fully saturated rings. The Morgan fingerprint density at radius 3 is 2.35 bits per heavy atom. The Hall–Kier alpha value is -2.82. The van der Waals surface area contributed by atoms with Crippen molar-refractivity contribution in [1.82, 2.24) is 0 Å². The van der Waals surface area contributed by atoms with Crippen molar-refractivity contribution in [3.8, 4) is 0 Å². The molecule has 0 spiro atoms. The van der Waals surface area contributed by atoms with E-state index in [0.717, 1.165) is 0 Å². The van der Waals surface area contributed by atoms with Crippen LogP contribution in [0.1, 0.15) is 15.9 Å². The summed E-state index contributed by atoms with van der Waals surface area (Å²) in [5.74, 6) is -1.03. The Labute approximate surface area is 114 Å². The van der Waals surface area contributed by atoms with Gasteiger partial charge in [-0.3, -0.25) is 14.9 Å². The van der Waals surface area contributed by atoms with Crippen LogP contribution in [-0.4, -0.2) is 10.7 Å². The highest BCUT2D eigenvalue weighted by Crippen LogP contribution is 2.14. The molecule has 0 aliphatic carbocycles. The summed E-state index contributed by atoms with van der Waals surface area (Å²) in [7, 11) is 0. The molecule has 2 aromatic rings. The van der Waals surface area contributed by atoms with E-state index in [-0.39, 0.29) is 11.3 Å². The first kappa shape index (κ1) is 13.6. The van der Waals surface area contributed by atoms with Crippen LogP contribution in [-0.2, 0) is 0 Å². The first-order valence-electron chi connectivity index (χ1n) is 5.79. The van der Waals surface area contributed by atoms with Crippen molar-refractivity contribution in [1.29, 1.82) is 0 Å². The molecule has 0 radical (unpaired) electrons. The lowest BCUT2D eigenvalue weighted by Gasteiger charge is -1.97. The van der Waals surface area contributed by atoms with E-state index < -0.39 is 16.5 Å². The Morgan fingerprint density at radius 1 is 1.10 bits per heavy atom. The van der Waals surface area contributed by atoms with Crippen molar-refractivity contribution < 1.29 is 14.1 Å². The highest BCUT2D eigenvalue weighted by molar-refractivity contribution is 6.06. The van der Waals surface area contributed by atoms with Gasteiger partial charge in [0.05, 0.1) is 10.5 Å². The number of ketones is 1. The van der Waals surface area contributed by atoms with Crippen LogP contribution in [0, 0.1) is 15.9 Å². The quantitative estimate of drug-likeness (QED) is 0.369. The zero-order valence-corrected chi connectivity index (χ0v) is 10.3. The van der Waals surface area contributed by atoms with Crippen LogP contribution < -0.4 is 0 Å². The molecule has 0 atom stereocenters. The molecule has 0 saturated heterocycles. The van der Waals surface area contributed by atoms with Crippen molar-refractivity contribution in [3.63, 3.8) is 0 Å². The second kappa shape index (κ2) is 5.88. The van der Waals surface area contributed by atoms with Crippen molar-refractivity contribution in [3.05, 3.63) is 81.7 Å². The number of halogens is 1. The summed E-state index contributed by atoms with van der Waals surface area (Å²) in [4.78, 5) is 21.8. The highest BCUT2D eigenvalue weighted by atomic mass is 19.1. The molecule has 0 saturated carbocycles. The smallest absolute Gasteiger partial charge is 0.269 e. The zero-order chi connectivity index (χ0) is 14.5. The maximum Gasteiger partial charge on any atom is 0.269 e. The number of carbonyl (C=O) groups is 1. The SMILES string of the molecule is O=C(/C=C/c1ccc([N+](=O)[O-])cc1)c1ccccc1F. The number of nitrogens with zero attached hydrogens (tertiary/aromatic N) is 1. The molecule has 2 aromatic carbocycles. The summed E-state index contributed by atoms with van der Waals surface area (Å²) in [5.41, 5.74) is 0.591. The molecule has 100 valence electrons. The molecule has 0 aliphatic rings. The van der Waals surface area contributed by atoms with Gasteiger partial charge in [0.2, 0.25) is 0 Å². The van der Waals surface area contributed by atoms with Crippen LogP contribution in [0.15, 0.2) is 54.6 Å². The second-order valence-electron chi connectivity index (χ2n) is 4.03. The molecule has 4 nitrogen and oxygen atoms in total. The van der Waals surface area contributed by atoms with Gasteiger partial charge < -0.3 is 0 Å². The number of benzene rings is 2. The molecule has 0 bridgehead atoms. The number of rotatable bonds is 4. The summed E-state index contributed by atoms with van der Waals surface area (Å²) in [5, 5.41) is 10.5. The first-order chi connectivity index (χ1) is 9.58. The highest BCUT2D eigenvalue weighted by Gasteiger charge is 2.07. The monoisotopic (exact) mass is 271 g/mol. The summed E-state index contributed by atoms with van der Waals surface area (Å²) >= 11 is 0. The molecule has 0 aromatic heterocycles. The van der Waals surface area contributed by atoms with Crippen LogP contribution in [0.5, 0.6) is 0 Å². The maximum absolute atomic E-state index is 13.4. The van der Waals surface area contributed by atoms with E-state index in [1.54, 1.807) is 6.07 Å². The fraction of sp³-hybridized carbons (Fsp3) is 0. The molecule has 2 rings (SSSR count). The normalized spacial score (nSPS) is 10.7. The van der Waals surface area contributed by atoms with Gasteiger partial charge in [-0.15, -0.1) is 0 Å². The average Bonchev–Trinajstić information content (AvgIpc) is 2.45. The lowest BCUT2D eigenvalue weighted by atomic mass is 10.1. The number of nitro benzene ring substituents is 1. The van der Waals surface area contributed by atoms with Gasteiger partial charge >= 0.3 is 0 Å². The summed E-state index contributed by atoms with van der Waals surface area (Å²) in [6.45, 7) is 0. The van der Waals surface area contributed by atoms with E-state index in [1.807, 2.05) is 0 Å². The lowest BCUT2D eigenvalue weighted by molar-refractivity contribution is -0.384. The van der Waals surface area contributed by atoms with Crippen molar-refractivity contribution in [2.45, 2.75) is 0 Å². The van der Waals surface area contributed by atoms with Crippen LogP contribution in [0.2, 0.25) is 0 Å². The van der Waals surface area contributed by atoms with E-state index in [1.165, 1.54) is 54.6 Å². The van der Waals surface area contributed by atoms with Gasteiger partial charge in [0.1, 0.15) is 5.82 Å². The minimum atomic E-state index is -0.578. The van der Waals surface area contributed by atoms with Gasteiger partial charge in [-0.25, -0.2) is 4.39 Å². The van der Waals surface area contributed by atoms with Gasteiger partial charge in [0.15, 0.2) is 5.78 Å². The van der Waals surface area contributed by atoms with Crippen LogP contribution >= 0.6 is 0 Å². The van der Waals surface area contributed by atoms with E-state index in [2.05, 4.69) is 0 Å². The van der Waals surface area contributed by atoms with Gasteiger partial charge in [-0.1, -0.05) is 18.2 Å². The average molecular weight is 271 g/mol. The van der Waals surface area contributed by atoms with Crippen LogP contribution in [0.3, 0.4) is 0 Å². The Balaban J connectivity index is 2.15. The zero-order valence-electron chi connectivity index (χ0n) is 10.3. The number of allylic oxidation sites excluding steroid dienone is 1. The van der Waals surface area contributed by atoms with Gasteiger partial charge in [-0.2, -0.15) is 0 Å². The minimum absolute atomic E-state index is 0.00865. The van der Waals surface area contributed by atoms with Gasteiger partial charge in [0.25, 0.3) is 5.69 Å². The van der Waals surface area contributed by atoms with Crippen molar-refractivity contribution in [2.24, 2.45) is 0 Å². The predicted molar refractivity (Wildman–Crippen MR) is 72.9 cm³/mol. The summed E-state index contributed by atoms with van der Waals surface area (Å²) in [6, 6.07) is 11.4. The van der Waals surface area contributed by atoms with E-state index in [4.69, 9.17) is 0 Å². The Kier molecular flexibility index (Phi) is 4.00. The van der Waals surface area contributed by atoms with E-state index in [9.17, 15) is 19.3 Å². The molecule has 0 unspecified atom stereocenters. The standard InChI is InChI=1S/C15H10FNO3/c16-14-4-2-1-3-13(14)15(18)10-7-11-5-8-12(9-6-11)17(19)20/h1-10H/b10-7+. The first-order valence-corrected chi connectivity index (χ1v) is 5.79. The maximum atomic E-state index is 13.4. The molecular formula is C15H10FNO3. The van der Waals surface area contributed by atoms with E-state index in [0.29, 0.717) is 5.56 Å². The molecule has 5 heteroatoms. The van der Waals surface area contributed by atoms with Gasteiger partial charge in [-0.05, 0) is 35.9 Å². The molecule has 0 amide bonds.